The van der Waals surface area contributed by atoms with Crippen LogP contribution >= 0.6 is 11.3 Å². The molecule has 0 radical (unpaired) electrons. The Kier molecular flexibility index (Phi) is 7.56. The number of thiazole rings is 1. The molecule has 7 heteroatoms. The molecule has 0 saturated carbocycles. The van der Waals surface area contributed by atoms with Crippen LogP contribution in [-0.4, -0.2) is 17.1 Å². The molecule has 0 aliphatic carbocycles. The van der Waals surface area contributed by atoms with Crippen LogP contribution in [0.5, 0.6) is 5.75 Å². The number of hydrogen-bond donors (Lipinski definition) is 1. The number of benzene rings is 3. The molecule has 3 aromatic carbocycles. The zero-order chi connectivity index (χ0) is 24.6. The van der Waals surface area contributed by atoms with Gasteiger partial charge in [-0.2, -0.15) is 5.26 Å². The maximum Gasteiger partial charge on any atom is 0.273 e. The summed E-state index contributed by atoms with van der Waals surface area (Å²) in [5.41, 5.74) is 1.89. The highest BCUT2D eigenvalue weighted by Crippen LogP contribution is 2.12. The van der Waals surface area contributed by atoms with E-state index in [9.17, 15) is 14.9 Å². The van der Waals surface area contributed by atoms with Gasteiger partial charge in [-0.15, -0.1) is 11.3 Å². The lowest BCUT2D eigenvalue weighted by molar-refractivity contribution is -0.115. The molecule has 0 atom stereocenters. The summed E-state index contributed by atoms with van der Waals surface area (Å²) in [4.78, 5) is 26.5. The van der Waals surface area contributed by atoms with Crippen LogP contribution in [0.3, 0.4) is 0 Å². The van der Waals surface area contributed by atoms with Crippen molar-refractivity contribution in [3.63, 3.8) is 0 Å². The smallest absolute Gasteiger partial charge is 0.273 e. The molecule has 4 aromatic rings. The van der Waals surface area contributed by atoms with E-state index in [4.69, 9.17) is 4.74 Å². The van der Waals surface area contributed by atoms with Gasteiger partial charge in [0.25, 0.3) is 11.5 Å². The molecule has 0 unspecified atom stereocenters. The van der Waals surface area contributed by atoms with E-state index in [1.54, 1.807) is 30.3 Å². The molecule has 1 aromatic heterocycles. The van der Waals surface area contributed by atoms with Crippen LogP contribution in [0.4, 0.5) is 0 Å². The van der Waals surface area contributed by atoms with Crippen LogP contribution in [0, 0.1) is 11.3 Å². The van der Waals surface area contributed by atoms with Crippen molar-refractivity contribution in [1.29, 1.82) is 5.26 Å². The summed E-state index contributed by atoms with van der Waals surface area (Å²) in [5, 5.41) is 12.7. The largest absolute Gasteiger partial charge is 0.494 e. The van der Waals surface area contributed by atoms with Crippen molar-refractivity contribution in [2.24, 2.45) is 0 Å². The Labute approximate surface area is 206 Å². The second-order valence-corrected chi connectivity index (χ2v) is 8.58. The van der Waals surface area contributed by atoms with E-state index >= 15 is 0 Å². The monoisotopic (exact) mass is 481 g/mol. The first kappa shape index (κ1) is 23.7. The van der Waals surface area contributed by atoms with Gasteiger partial charge >= 0.3 is 0 Å². The third-order valence-electron chi connectivity index (χ3n) is 5.18. The van der Waals surface area contributed by atoms with Gasteiger partial charge in [0, 0.05) is 6.54 Å². The first-order chi connectivity index (χ1) is 17.1. The lowest BCUT2D eigenvalue weighted by Crippen LogP contribution is -2.33. The summed E-state index contributed by atoms with van der Waals surface area (Å²) in [7, 11) is 0. The molecule has 0 aliphatic rings. The Hall–Kier alpha value is -4.41. The number of hydrogen-bond acceptors (Lipinski definition) is 5. The number of carbonyl (C=O) groups excluding carboxylic acids is 1. The minimum Gasteiger partial charge on any atom is -0.494 e. The van der Waals surface area contributed by atoms with Crippen molar-refractivity contribution in [1.82, 2.24) is 9.88 Å². The van der Waals surface area contributed by atoms with Crippen LogP contribution in [0.25, 0.3) is 17.3 Å². The molecule has 6 nitrogen and oxygen atoms in total. The van der Waals surface area contributed by atoms with E-state index < -0.39 is 5.91 Å². The molecule has 1 N–H and O–H groups in total. The van der Waals surface area contributed by atoms with Crippen molar-refractivity contribution < 1.29 is 9.53 Å². The molecule has 35 heavy (non-hydrogen) atoms. The van der Waals surface area contributed by atoms with Gasteiger partial charge in [0.2, 0.25) is 0 Å². The van der Waals surface area contributed by atoms with Gasteiger partial charge in [-0.3, -0.25) is 14.2 Å². The SMILES string of the molecule is CCOc1ccc(/C=c2/s/c(=C(/C#N)C(=O)NCc3ccccc3)n(-c3ccccc3)c2=O)cc1. The quantitative estimate of drug-likeness (QED) is 0.440. The van der Waals surface area contributed by atoms with Crippen molar-refractivity contribution in [3.8, 4) is 17.5 Å². The Morgan fingerprint density at radius 2 is 1.69 bits per heavy atom. The average Bonchev–Trinajstić information content (AvgIpc) is 3.21. The van der Waals surface area contributed by atoms with Crippen LogP contribution in [0.2, 0.25) is 0 Å². The van der Waals surface area contributed by atoms with Crippen molar-refractivity contribution in [2.75, 3.05) is 6.61 Å². The predicted molar refractivity (Wildman–Crippen MR) is 138 cm³/mol. The fourth-order valence-corrected chi connectivity index (χ4v) is 4.60. The first-order valence-electron chi connectivity index (χ1n) is 11.1. The number of rotatable bonds is 7. The fourth-order valence-electron chi connectivity index (χ4n) is 3.50. The van der Waals surface area contributed by atoms with E-state index in [0.717, 1.165) is 28.2 Å². The highest BCUT2D eigenvalue weighted by atomic mass is 32.1. The maximum absolute atomic E-state index is 13.4. The maximum atomic E-state index is 13.4. The first-order valence-corrected chi connectivity index (χ1v) is 11.9. The van der Waals surface area contributed by atoms with Crippen molar-refractivity contribution in [2.45, 2.75) is 13.5 Å². The second kappa shape index (κ2) is 11.1. The zero-order valence-corrected chi connectivity index (χ0v) is 19.9. The number of nitrogens with one attached hydrogen (secondary N) is 1. The van der Waals surface area contributed by atoms with Crippen LogP contribution in [0.1, 0.15) is 18.1 Å². The van der Waals surface area contributed by atoms with Crippen molar-refractivity contribution >= 4 is 28.9 Å². The number of amides is 1. The molecule has 4 rings (SSSR count). The molecule has 0 bridgehead atoms. The lowest BCUT2D eigenvalue weighted by Gasteiger charge is -2.06. The number of nitriles is 1. The van der Waals surface area contributed by atoms with E-state index in [0.29, 0.717) is 16.8 Å². The topological polar surface area (TPSA) is 84.1 Å². The minimum absolute atomic E-state index is 0.113. The van der Waals surface area contributed by atoms with Gasteiger partial charge in [-0.1, -0.05) is 60.7 Å². The summed E-state index contributed by atoms with van der Waals surface area (Å²) in [6.45, 7) is 2.76. The summed E-state index contributed by atoms with van der Waals surface area (Å²) >= 11 is 1.12. The van der Waals surface area contributed by atoms with Gasteiger partial charge in [-0.25, -0.2) is 0 Å². The number of aromatic nitrogens is 1. The molecule has 1 heterocycles. The molecular formula is C28H23N3O3S. The zero-order valence-electron chi connectivity index (χ0n) is 19.1. The number of para-hydroxylation sites is 1. The van der Waals surface area contributed by atoms with Gasteiger partial charge < -0.3 is 10.1 Å². The van der Waals surface area contributed by atoms with E-state index in [1.807, 2.05) is 73.7 Å². The Balaban J connectivity index is 1.83. The predicted octanol–water partition coefficient (Wildman–Crippen LogP) is 3.12. The fraction of sp³-hybridized carbons (Fsp3) is 0.107. The average molecular weight is 482 g/mol. The van der Waals surface area contributed by atoms with Gasteiger partial charge in [0.1, 0.15) is 16.5 Å². The normalized spacial score (nSPS) is 12.1. The number of nitrogens with zero attached hydrogens (tertiary/aromatic N) is 2. The second-order valence-electron chi connectivity index (χ2n) is 7.55. The Bertz CT molecular complexity index is 1530. The van der Waals surface area contributed by atoms with Crippen LogP contribution < -0.4 is 24.8 Å². The van der Waals surface area contributed by atoms with Crippen LogP contribution in [-0.2, 0) is 11.3 Å². The van der Waals surface area contributed by atoms with Crippen molar-refractivity contribution in [3.05, 3.63) is 116 Å². The molecule has 0 spiro atoms. The van der Waals surface area contributed by atoms with E-state index in [-0.39, 0.29) is 22.3 Å². The Morgan fingerprint density at radius 1 is 1.03 bits per heavy atom. The van der Waals surface area contributed by atoms with Gasteiger partial charge in [-0.05, 0) is 48.4 Å². The van der Waals surface area contributed by atoms with Gasteiger partial charge in [0.15, 0.2) is 5.57 Å². The third kappa shape index (κ3) is 5.57. The number of ether oxygens (including phenoxy) is 1. The molecule has 0 fully saturated rings. The third-order valence-corrected chi connectivity index (χ3v) is 6.27. The summed E-state index contributed by atoms with van der Waals surface area (Å²) in [6.07, 6.45) is 1.75. The number of carbonyl (C=O) groups is 1. The Morgan fingerprint density at radius 3 is 2.31 bits per heavy atom. The molecule has 0 aliphatic heterocycles. The van der Waals surface area contributed by atoms with Crippen LogP contribution in [0.15, 0.2) is 89.7 Å². The molecule has 174 valence electrons. The summed E-state index contributed by atoms with van der Waals surface area (Å²) in [5.74, 6) is 0.211. The highest BCUT2D eigenvalue weighted by molar-refractivity contribution is 7.07. The lowest BCUT2D eigenvalue weighted by atomic mass is 10.2. The standard InChI is InChI=1S/C28H23N3O3S/c1-2-34-23-15-13-20(14-16-23)17-25-27(33)31(22-11-7-4-8-12-22)28(35-25)24(18-29)26(32)30-19-21-9-5-3-6-10-21/h3-17H,2,19H2,1H3,(H,30,32)/b25-17+,28-24-. The molecule has 1 amide bonds. The molecular weight excluding hydrogens is 458 g/mol. The van der Waals surface area contributed by atoms with E-state index in [1.165, 1.54) is 4.57 Å². The molecule has 0 saturated heterocycles. The summed E-state index contributed by atoms with van der Waals surface area (Å²) < 4.78 is 7.60. The van der Waals surface area contributed by atoms with E-state index in [2.05, 4.69) is 5.32 Å². The minimum atomic E-state index is -0.532. The summed E-state index contributed by atoms with van der Waals surface area (Å²) in [6, 6.07) is 27.8. The van der Waals surface area contributed by atoms with Gasteiger partial charge in [0.05, 0.1) is 16.8 Å². The highest BCUT2D eigenvalue weighted by Gasteiger charge is 2.17.